The normalized spacial score (nSPS) is 15.1. The minimum atomic E-state index is -0.251. The van der Waals surface area contributed by atoms with Gasteiger partial charge in [-0.05, 0) is 49.6 Å². The van der Waals surface area contributed by atoms with E-state index < -0.39 is 0 Å². The molecule has 1 aliphatic rings. The molecule has 0 radical (unpaired) electrons. The molecule has 27 heavy (non-hydrogen) atoms. The topological polar surface area (TPSA) is 47.7 Å². The lowest BCUT2D eigenvalue weighted by atomic mass is 10.1. The second-order valence-corrected chi connectivity index (χ2v) is 7.26. The third-order valence-corrected chi connectivity index (χ3v) is 5.57. The molecule has 0 bridgehead atoms. The van der Waals surface area contributed by atoms with Crippen molar-refractivity contribution in [3.63, 3.8) is 0 Å². The van der Waals surface area contributed by atoms with E-state index in [-0.39, 0.29) is 11.7 Å². The van der Waals surface area contributed by atoms with E-state index >= 15 is 0 Å². The van der Waals surface area contributed by atoms with Crippen LogP contribution < -0.4 is 10.2 Å². The Morgan fingerprint density at radius 3 is 2.48 bits per heavy atom. The van der Waals surface area contributed by atoms with E-state index in [0.29, 0.717) is 18.8 Å². The highest BCUT2D eigenvalue weighted by molar-refractivity contribution is 5.95. The van der Waals surface area contributed by atoms with Gasteiger partial charge >= 0.3 is 0 Å². The van der Waals surface area contributed by atoms with E-state index in [9.17, 15) is 9.18 Å². The highest BCUT2D eigenvalue weighted by Crippen LogP contribution is 2.22. The highest BCUT2D eigenvalue weighted by atomic mass is 19.1. The lowest BCUT2D eigenvalue weighted by Gasteiger charge is -2.23. The van der Waals surface area contributed by atoms with Gasteiger partial charge in [-0.15, -0.1) is 0 Å². The van der Waals surface area contributed by atoms with Crippen LogP contribution in [0.15, 0.2) is 24.3 Å². The fraction of sp³-hybridized carbons (Fsp3) is 0.476. The molecule has 0 unspecified atom stereocenters. The van der Waals surface area contributed by atoms with Crippen LogP contribution in [0.5, 0.6) is 0 Å². The van der Waals surface area contributed by atoms with Crippen LogP contribution >= 0.6 is 0 Å². The van der Waals surface area contributed by atoms with Crippen LogP contribution in [0.1, 0.15) is 32.9 Å². The quantitative estimate of drug-likeness (QED) is 0.799. The first-order chi connectivity index (χ1) is 13.0. The maximum Gasteiger partial charge on any atom is 0.268 e. The van der Waals surface area contributed by atoms with Crippen LogP contribution in [0, 0.1) is 26.6 Å². The Bertz CT molecular complexity index is 793. The summed E-state index contributed by atoms with van der Waals surface area (Å²) >= 11 is 0. The largest absolute Gasteiger partial charge is 0.370 e. The Balaban J connectivity index is 1.72. The fourth-order valence-electron chi connectivity index (χ4n) is 3.63. The van der Waals surface area contributed by atoms with Crippen molar-refractivity contribution in [2.45, 2.75) is 27.3 Å². The zero-order chi connectivity index (χ0) is 19.4. The Hall–Kier alpha value is -2.18. The van der Waals surface area contributed by atoms with Crippen molar-refractivity contribution in [2.24, 2.45) is 0 Å². The first kappa shape index (κ1) is 19.6. The van der Waals surface area contributed by atoms with Gasteiger partial charge in [0.2, 0.25) is 0 Å². The van der Waals surface area contributed by atoms with Gasteiger partial charge in [0.05, 0.1) is 26.3 Å². The monoisotopic (exact) mass is 374 g/mol. The minimum Gasteiger partial charge on any atom is -0.370 e. The third-order valence-electron chi connectivity index (χ3n) is 5.57. The van der Waals surface area contributed by atoms with E-state index in [4.69, 9.17) is 4.74 Å². The minimum absolute atomic E-state index is 0.0431. The molecule has 0 atom stereocenters. The van der Waals surface area contributed by atoms with E-state index in [1.54, 1.807) is 12.1 Å². The van der Waals surface area contributed by atoms with E-state index in [1.807, 2.05) is 25.3 Å². The van der Waals surface area contributed by atoms with Crippen LogP contribution in [0.2, 0.25) is 0 Å². The molecule has 1 aliphatic heterocycles. The lowest BCUT2D eigenvalue weighted by molar-refractivity contribution is -0.906. The second-order valence-electron chi connectivity index (χ2n) is 7.26. The molecule has 0 spiro atoms. The number of carbonyl (C=O) groups is 1. The average Bonchev–Trinajstić information content (AvgIpc) is 2.88. The molecule has 1 aromatic heterocycles. The Labute approximate surface area is 160 Å². The highest BCUT2D eigenvalue weighted by Gasteiger charge is 2.21. The van der Waals surface area contributed by atoms with Crippen molar-refractivity contribution >= 4 is 5.91 Å². The summed E-state index contributed by atoms with van der Waals surface area (Å²) < 4.78 is 20.6. The molecule has 2 aromatic rings. The summed E-state index contributed by atoms with van der Waals surface area (Å²) in [7, 11) is 0. The van der Waals surface area contributed by atoms with Crippen molar-refractivity contribution in [1.82, 2.24) is 9.88 Å². The number of nitrogens with zero attached hydrogens (tertiary/aromatic N) is 1. The first-order valence-corrected chi connectivity index (χ1v) is 9.57. The molecule has 1 aromatic carbocycles. The number of hydrogen-bond donors (Lipinski definition) is 2. The molecule has 6 heteroatoms. The van der Waals surface area contributed by atoms with Gasteiger partial charge in [-0.3, -0.25) is 4.79 Å². The molecule has 5 nitrogen and oxygen atoms in total. The molecule has 1 fully saturated rings. The zero-order valence-corrected chi connectivity index (χ0v) is 16.4. The average molecular weight is 374 g/mol. The van der Waals surface area contributed by atoms with Crippen molar-refractivity contribution in [2.75, 3.05) is 39.4 Å². The van der Waals surface area contributed by atoms with Crippen molar-refractivity contribution in [3.05, 3.63) is 58.2 Å². The summed E-state index contributed by atoms with van der Waals surface area (Å²) in [6, 6.07) is 6.45. The summed E-state index contributed by atoms with van der Waals surface area (Å²) in [6.45, 7) is 11.7. The zero-order valence-electron chi connectivity index (χ0n) is 16.4. The standard InChI is InChI=1S/C21H28FN3O2/c1-15-16(2)20(21(26)23-8-9-24-10-12-27-13-11-24)25(17(15)3)14-18-4-6-19(22)7-5-18/h4-7H,8-14H2,1-3H3,(H,23,26)/p+1. The van der Waals surface area contributed by atoms with Crippen LogP contribution in [-0.2, 0) is 11.3 Å². The van der Waals surface area contributed by atoms with Crippen molar-refractivity contribution in [3.8, 4) is 0 Å². The molecule has 146 valence electrons. The van der Waals surface area contributed by atoms with Gasteiger partial charge in [0.25, 0.3) is 5.91 Å². The first-order valence-electron chi connectivity index (χ1n) is 9.57. The molecule has 2 N–H and O–H groups in total. The number of hydrogen-bond acceptors (Lipinski definition) is 2. The smallest absolute Gasteiger partial charge is 0.268 e. The summed E-state index contributed by atoms with van der Waals surface area (Å²) in [4.78, 5) is 14.4. The van der Waals surface area contributed by atoms with Crippen LogP contribution in [0.3, 0.4) is 0 Å². The van der Waals surface area contributed by atoms with Crippen LogP contribution in [-0.4, -0.2) is 49.9 Å². The van der Waals surface area contributed by atoms with Gasteiger partial charge in [-0.25, -0.2) is 4.39 Å². The molecular formula is C21H29FN3O2+. The number of morpholine rings is 1. The SMILES string of the molecule is Cc1c(C)c(C(=O)NCC[NH+]2CCOCC2)n(Cc2ccc(F)cc2)c1C. The predicted octanol–water partition coefficient (Wildman–Crippen LogP) is 1.25. The number of benzene rings is 1. The maximum atomic E-state index is 13.2. The van der Waals surface area contributed by atoms with E-state index in [2.05, 4.69) is 5.32 Å². The number of carbonyl (C=O) groups excluding carboxylic acids is 1. The predicted molar refractivity (Wildman–Crippen MR) is 103 cm³/mol. The maximum absolute atomic E-state index is 13.2. The molecule has 2 heterocycles. The Kier molecular flexibility index (Phi) is 6.29. The molecule has 3 rings (SSSR count). The second kappa shape index (κ2) is 8.67. The summed E-state index contributed by atoms with van der Waals surface area (Å²) in [5.41, 5.74) is 4.88. The van der Waals surface area contributed by atoms with Crippen molar-refractivity contribution < 1.29 is 18.8 Å². The molecule has 1 amide bonds. The number of quaternary nitrogens is 1. The number of nitrogens with one attached hydrogen (secondary N) is 2. The van der Waals surface area contributed by atoms with Crippen LogP contribution in [0.4, 0.5) is 4.39 Å². The van der Waals surface area contributed by atoms with Gasteiger partial charge in [0.1, 0.15) is 24.6 Å². The Morgan fingerprint density at radius 1 is 1.15 bits per heavy atom. The number of aromatic nitrogens is 1. The Morgan fingerprint density at radius 2 is 1.81 bits per heavy atom. The van der Waals surface area contributed by atoms with E-state index in [1.165, 1.54) is 17.0 Å². The summed E-state index contributed by atoms with van der Waals surface area (Å²) in [6.07, 6.45) is 0. The lowest BCUT2D eigenvalue weighted by Crippen LogP contribution is -3.14. The van der Waals surface area contributed by atoms with Gasteiger partial charge < -0.3 is 19.5 Å². The summed E-state index contributed by atoms with van der Waals surface area (Å²) in [5, 5.41) is 3.08. The molecule has 0 saturated carbocycles. The summed E-state index contributed by atoms with van der Waals surface area (Å²) in [5.74, 6) is -0.294. The number of rotatable bonds is 6. The van der Waals surface area contributed by atoms with Gasteiger partial charge in [0, 0.05) is 12.2 Å². The number of halogens is 1. The molecular weight excluding hydrogens is 345 g/mol. The molecule has 0 aliphatic carbocycles. The third kappa shape index (κ3) is 4.57. The fourth-order valence-corrected chi connectivity index (χ4v) is 3.63. The van der Waals surface area contributed by atoms with Crippen molar-refractivity contribution in [1.29, 1.82) is 0 Å². The van der Waals surface area contributed by atoms with Gasteiger partial charge in [-0.1, -0.05) is 12.1 Å². The number of ether oxygens (including phenoxy) is 1. The number of amides is 1. The van der Waals surface area contributed by atoms with Gasteiger partial charge in [-0.2, -0.15) is 0 Å². The van der Waals surface area contributed by atoms with Crippen LogP contribution in [0.25, 0.3) is 0 Å². The van der Waals surface area contributed by atoms with E-state index in [0.717, 1.165) is 55.2 Å². The molecule has 1 saturated heterocycles. The van der Waals surface area contributed by atoms with Gasteiger partial charge in [0.15, 0.2) is 0 Å².